The van der Waals surface area contributed by atoms with Crippen LogP contribution in [0.15, 0.2) is 59.8 Å². The molecule has 1 unspecified atom stereocenters. The Balaban J connectivity index is 1.51. The molecule has 1 saturated heterocycles. The van der Waals surface area contributed by atoms with Gasteiger partial charge in [0.05, 0.1) is 17.4 Å². The minimum absolute atomic E-state index is 0.179. The highest BCUT2D eigenvalue weighted by Crippen LogP contribution is 2.24. The molecule has 7 heteroatoms. The van der Waals surface area contributed by atoms with Crippen molar-refractivity contribution in [2.45, 2.75) is 30.6 Å². The second-order valence-electron chi connectivity index (χ2n) is 6.65. The number of aryl methyl sites for hydroxylation is 1. The number of benzene rings is 1. The van der Waals surface area contributed by atoms with Gasteiger partial charge >= 0.3 is 5.97 Å². The number of carbonyl (C=O) groups is 1. The lowest BCUT2D eigenvalue weighted by Crippen LogP contribution is -2.42. The Hall–Kier alpha value is -2.25. The standard InChI is InChI=1S/C20H24N2O4S/c23-20(26-14-6-8-17-7-4-12-21-15-17)18-9-5-13-22(16-18)27(24,25)19-10-2-1-3-11-19/h1-4,7,10-12,15,18H,5-6,8-9,13-14,16H2. The van der Waals surface area contributed by atoms with E-state index in [0.717, 1.165) is 18.4 Å². The molecule has 1 aromatic carbocycles. The topological polar surface area (TPSA) is 76.6 Å². The van der Waals surface area contributed by atoms with Crippen LogP contribution >= 0.6 is 0 Å². The van der Waals surface area contributed by atoms with Crippen molar-refractivity contribution < 1.29 is 17.9 Å². The molecule has 0 bridgehead atoms. The van der Waals surface area contributed by atoms with E-state index in [0.29, 0.717) is 26.0 Å². The van der Waals surface area contributed by atoms with Gasteiger partial charge in [-0.25, -0.2) is 8.42 Å². The third-order valence-electron chi connectivity index (χ3n) is 4.68. The van der Waals surface area contributed by atoms with Gasteiger partial charge in [0.15, 0.2) is 0 Å². The summed E-state index contributed by atoms with van der Waals surface area (Å²) < 4.78 is 32.3. The third-order valence-corrected chi connectivity index (χ3v) is 6.55. The van der Waals surface area contributed by atoms with Crippen LogP contribution in [0.5, 0.6) is 0 Å². The first-order valence-electron chi connectivity index (χ1n) is 9.18. The van der Waals surface area contributed by atoms with Crippen LogP contribution in [0.1, 0.15) is 24.8 Å². The molecule has 2 heterocycles. The second kappa shape index (κ2) is 9.10. The number of aromatic nitrogens is 1. The van der Waals surface area contributed by atoms with E-state index >= 15 is 0 Å². The van der Waals surface area contributed by atoms with Crippen LogP contribution in [0, 0.1) is 5.92 Å². The number of esters is 1. The number of hydrogen-bond donors (Lipinski definition) is 0. The third kappa shape index (κ3) is 5.14. The average molecular weight is 388 g/mol. The molecule has 144 valence electrons. The first-order valence-corrected chi connectivity index (χ1v) is 10.6. The van der Waals surface area contributed by atoms with Crippen LogP contribution in [0.3, 0.4) is 0 Å². The van der Waals surface area contributed by atoms with Crippen LogP contribution in [0.2, 0.25) is 0 Å². The molecule has 3 rings (SSSR count). The van der Waals surface area contributed by atoms with Crippen molar-refractivity contribution in [2.75, 3.05) is 19.7 Å². The zero-order chi connectivity index (χ0) is 19.1. The molecule has 0 N–H and O–H groups in total. The molecule has 2 aromatic rings. The molecule has 0 saturated carbocycles. The first-order chi connectivity index (χ1) is 13.1. The quantitative estimate of drug-likeness (QED) is 0.538. The van der Waals surface area contributed by atoms with E-state index in [1.54, 1.807) is 42.7 Å². The summed E-state index contributed by atoms with van der Waals surface area (Å²) in [6.45, 7) is 0.941. The van der Waals surface area contributed by atoms with Crippen molar-refractivity contribution in [1.82, 2.24) is 9.29 Å². The summed E-state index contributed by atoms with van der Waals surface area (Å²) in [4.78, 5) is 16.7. The van der Waals surface area contributed by atoms with Gasteiger partial charge in [-0.2, -0.15) is 4.31 Å². The summed E-state index contributed by atoms with van der Waals surface area (Å²) in [6.07, 6.45) is 6.34. The fraction of sp³-hybridized carbons (Fsp3) is 0.400. The van der Waals surface area contributed by atoms with Crippen molar-refractivity contribution in [1.29, 1.82) is 0 Å². The summed E-state index contributed by atoms with van der Waals surface area (Å²) in [7, 11) is -3.57. The van der Waals surface area contributed by atoms with E-state index in [2.05, 4.69) is 4.98 Å². The van der Waals surface area contributed by atoms with Crippen LogP contribution in [-0.2, 0) is 26.0 Å². The Morgan fingerprint density at radius 1 is 1.19 bits per heavy atom. The fourth-order valence-corrected chi connectivity index (χ4v) is 4.75. The number of carbonyl (C=O) groups excluding carboxylic acids is 1. The minimum Gasteiger partial charge on any atom is -0.465 e. The van der Waals surface area contributed by atoms with E-state index in [1.807, 2.05) is 12.1 Å². The summed E-state index contributed by atoms with van der Waals surface area (Å²) in [5, 5.41) is 0. The molecule has 1 aromatic heterocycles. The maximum Gasteiger partial charge on any atom is 0.310 e. The van der Waals surface area contributed by atoms with Gasteiger partial charge in [0, 0.05) is 25.5 Å². The molecule has 0 aliphatic carbocycles. The van der Waals surface area contributed by atoms with Gasteiger partial charge in [0.2, 0.25) is 10.0 Å². The van der Waals surface area contributed by atoms with Crippen LogP contribution < -0.4 is 0 Å². The van der Waals surface area contributed by atoms with E-state index in [4.69, 9.17) is 4.74 Å². The van der Waals surface area contributed by atoms with Gasteiger partial charge in [-0.1, -0.05) is 24.3 Å². The highest BCUT2D eigenvalue weighted by atomic mass is 32.2. The highest BCUT2D eigenvalue weighted by molar-refractivity contribution is 7.89. The van der Waals surface area contributed by atoms with E-state index in [-0.39, 0.29) is 17.4 Å². The summed E-state index contributed by atoms with van der Waals surface area (Å²) in [5.41, 5.74) is 1.10. The van der Waals surface area contributed by atoms with Crippen molar-refractivity contribution in [3.8, 4) is 0 Å². The lowest BCUT2D eigenvalue weighted by Gasteiger charge is -2.30. The molecular formula is C20H24N2O4S. The largest absolute Gasteiger partial charge is 0.465 e. The van der Waals surface area contributed by atoms with Crippen molar-refractivity contribution in [2.24, 2.45) is 5.92 Å². The molecule has 1 aliphatic rings. The summed E-state index contributed by atoms with van der Waals surface area (Å²) in [6, 6.07) is 12.2. The molecule has 1 atom stereocenters. The molecule has 0 radical (unpaired) electrons. The normalized spacial score (nSPS) is 18.1. The molecule has 27 heavy (non-hydrogen) atoms. The van der Waals surface area contributed by atoms with Crippen LogP contribution in [0.4, 0.5) is 0 Å². The molecule has 6 nitrogen and oxygen atoms in total. The molecule has 0 spiro atoms. The highest BCUT2D eigenvalue weighted by Gasteiger charge is 2.33. The number of ether oxygens (including phenoxy) is 1. The predicted octanol–water partition coefficient (Wildman–Crippen LogP) is 2.66. The summed E-state index contributed by atoms with van der Waals surface area (Å²) in [5.74, 6) is -0.718. The molecule has 0 amide bonds. The van der Waals surface area contributed by atoms with E-state index < -0.39 is 15.9 Å². The van der Waals surface area contributed by atoms with E-state index in [1.165, 1.54) is 4.31 Å². The second-order valence-corrected chi connectivity index (χ2v) is 8.59. The molecule has 1 aliphatic heterocycles. The maximum atomic E-state index is 12.7. The van der Waals surface area contributed by atoms with Gasteiger partial charge in [-0.15, -0.1) is 0 Å². The Morgan fingerprint density at radius 3 is 2.74 bits per heavy atom. The minimum atomic E-state index is -3.57. The number of pyridine rings is 1. The Morgan fingerprint density at radius 2 is 2.00 bits per heavy atom. The first kappa shape index (κ1) is 19.5. The molecular weight excluding hydrogens is 364 g/mol. The number of sulfonamides is 1. The van der Waals surface area contributed by atoms with Gasteiger partial charge < -0.3 is 4.74 Å². The SMILES string of the molecule is O=C(OCCCc1cccnc1)C1CCCN(S(=O)(=O)c2ccccc2)C1. The van der Waals surface area contributed by atoms with Gasteiger partial charge in [-0.3, -0.25) is 9.78 Å². The number of piperidine rings is 1. The zero-order valence-electron chi connectivity index (χ0n) is 15.2. The van der Waals surface area contributed by atoms with Crippen molar-refractivity contribution in [3.05, 3.63) is 60.4 Å². The predicted molar refractivity (Wildman–Crippen MR) is 101 cm³/mol. The Labute approximate surface area is 160 Å². The maximum absolute atomic E-state index is 12.7. The van der Waals surface area contributed by atoms with E-state index in [9.17, 15) is 13.2 Å². The zero-order valence-corrected chi connectivity index (χ0v) is 16.0. The Bertz CT molecular complexity index is 841. The van der Waals surface area contributed by atoms with Crippen LogP contribution in [-0.4, -0.2) is 43.4 Å². The van der Waals surface area contributed by atoms with Gasteiger partial charge in [0.25, 0.3) is 0 Å². The number of nitrogens with zero attached hydrogens (tertiary/aromatic N) is 2. The number of hydrogen-bond acceptors (Lipinski definition) is 5. The average Bonchev–Trinajstić information content (AvgIpc) is 2.72. The monoisotopic (exact) mass is 388 g/mol. The van der Waals surface area contributed by atoms with Crippen molar-refractivity contribution in [3.63, 3.8) is 0 Å². The lowest BCUT2D eigenvalue weighted by atomic mass is 10.00. The Kier molecular flexibility index (Phi) is 6.58. The van der Waals surface area contributed by atoms with Crippen LogP contribution in [0.25, 0.3) is 0 Å². The number of rotatable bonds is 7. The lowest BCUT2D eigenvalue weighted by molar-refractivity contribution is -0.149. The smallest absolute Gasteiger partial charge is 0.310 e. The van der Waals surface area contributed by atoms with Gasteiger partial charge in [-0.05, 0) is 49.4 Å². The fourth-order valence-electron chi connectivity index (χ4n) is 3.21. The van der Waals surface area contributed by atoms with Crippen molar-refractivity contribution >= 4 is 16.0 Å². The van der Waals surface area contributed by atoms with Gasteiger partial charge in [0.1, 0.15) is 0 Å². The summed E-state index contributed by atoms with van der Waals surface area (Å²) >= 11 is 0. The molecule has 1 fully saturated rings.